The van der Waals surface area contributed by atoms with Crippen LogP contribution in [-0.4, -0.2) is 43.8 Å². The largest absolute Gasteiger partial charge is 0.339 e. The molecule has 0 bridgehead atoms. The molecular formula is C18H18N4O3S. The summed E-state index contributed by atoms with van der Waals surface area (Å²) in [6.07, 6.45) is 6.57. The third kappa shape index (κ3) is 3.20. The Bertz CT molecular complexity index is 898. The summed E-state index contributed by atoms with van der Waals surface area (Å²) >= 11 is 0. The minimum absolute atomic E-state index is 0.0656. The first-order valence-corrected chi connectivity index (χ1v) is 9.60. The van der Waals surface area contributed by atoms with Crippen molar-refractivity contribution in [1.29, 1.82) is 0 Å². The van der Waals surface area contributed by atoms with Crippen molar-refractivity contribution in [1.82, 2.24) is 19.4 Å². The van der Waals surface area contributed by atoms with Gasteiger partial charge in [-0.2, -0.15) is 5.10 Å². The molecule has 26 heavy (non-hydrogen) atoms. The maximum Gasteiger partial charge on any atom is 0.258 e. The lowest BCUT2D eigenvalue weighted by molar-refractivity contribution is -0.114. The van der Waals surface area contributed by atoms with Crippen LogP contribution in [0, 0.1) is 0 Å². The van der Waals surface area contributed by atoms with Gasteiger partial charge in [-0.05, 0) is 36.5 Å². The fraction of sp³-hybridized carbons (Fsp3) is 0.278. The normalized spacial score (nSPS) is 20.8. The topological polar surface area (TPSA) is 84.3 Å². The van der Waals surface area contributed by atoms with Gasteiger partial charge in [-0.3, -0.25) is 14.3 Å². The molecule has 1 aromatic carbocycles. The molecule has 1 fully saturated rings. The van der Waals surface area contributed by atoms with Gasteiger partial charge in [0.15, 0.2) is 16.0 Å². The fourth-order valence-corrected chi connectivity index (χ4v) is 4.17. The van der Waals surface area contributed by atoms with Gasteiger partial charge < -0.3 is 4.90 Å². The Morgan fingerprint density at radius 2 is 1.92 bits per heavy atom. The highest BCUT2D eigenvalue weighted by Gasteiger charge is 2.27. The molecule has 2 amide bonds. The number of hydrogen-bond acceptors (Lipinski definition) is 4. The maximum atomic E-state index is 12.5. The molecule has 0 saturated carbocycles. The van der Waals surface area contributed by atoms with Gasteiger partial charge in [-0.15, -0.1) is 0 Å². The summed E-state index contributed by atoms with van der Waals surface area (Å²) in [5, 5.41) is 4.59. The van der Waals surface area contributed by atoms with E-state index in [1.54, 1.807) is 6.20 Å². The summed E-state index contributed by atoms with van der Waals surface area (Å²) in [5.41, 5.74) is 1.75. The van der Waals surface area contributed by atoms with Crippen molar-refractivity contribution < 1.29 is 13.8 Å². The standard InChI is InChI=1S/C18H18N4O3S/c23-16-10-17(26(25)20-16)22-12-15(11-19-22)13-6-8-21(9-7-13)18(24)14-4-2-1-3-5-14/h1-5,10-13H,6-9H2,(H,20,23). The Morgan fingerprint density at radius 1 is 1.19 bits per heavy atom. The van der Waals surface area contributed by atoms with Gasteiger partial charge in [0.1, 0.15) is 0 Å². The highest BCUT2D eigenvalue weighted by Crippen LogP contribution is 2.29. The number of aromatic nitrogens is 2. The summed E-state index contributed by atoms with van der Waals surface area (Å²) in [7, 11) is -1.56. The molecule has 7 nitrogen and oxygen atoms in total. The Kier molecular flexibility index (Phi) is 4.42. The van der Waals surface area contributed by atoms with Crippen molar-refractivity contribution in [2.45, 2.75) is 18.8 Å². The van der Waals surface area contributed by atoms with E-state index in [2.05, 4.69) is 9.82 Å². The average molecular weight is 370 g/mol. The zero-order valence-corrected chi connectivity index (χ0v) is 14.8. The van der Waals surface area contributed by atoms with E-state index in [1.165, 1.54) is 10.8 Å². The molecule has 4 rings (SSSR count). The van der Waals surface area contributed by atoms with E-state index in [1.807, 2.05) is 41.4 Å². The third-order valence-electron chi connectivity index (χ3n) is 4.74. The van der Waals surface area contributed by atoms with Crippen molar-refractivity contribution in [3.05, 3.63) is 59.9 Å². The summed E-state index contributed by atoms with van der Waals surface area (Å²) in [6.45, 7) is 1.39. The zero-order valence-electron chi connectivity index (χ0n) is 14.0. The van der Waals surface area contributed by atoms with E-state index in [9.17, 15) is 13.8 Å². The Hall–Kier alpha value is -2.74. The second kappa shape index (κ2) is 6.87. The highest BCUT2D eigenvalue weighted by atomic mass is 32.2. The Morgan fingerprint density at radius 3 is 2.58 bits per heavy atom. The zero-order chi connectivity index (χ0) is 18.1. The van der Waals surface area contributed by atoms with Crippen LogP contribution in [0.4, 0.5) is 0 Å². The van der Waals surface area contributed by atoms with E-state index < -0.39 is 11.0 Å². The monoisotopic (exact) mass is 370 g/mol. The smallest absolute Gasteiger partial charge is 0.258 e. The van der Waals surface area contributed by atoms with Gasteiger partial charge in [-0.1, -0.05) is 18.2 Å². The van der Waals surface area contributed by atoms with Crippen LogP contribution in [0.25, 0.3) is 5.03 Å². The maximum absolute atomic E-state index is 12.5. The fourth-order valence-electron chi connectivity index (χ4n) is 3.34. The van der Waals surface area contributed by atoms with Crippen LogP contribution in [0.5, 0.6) is 0 Å². The molecule has 0 radical (unpaired) electrons. The molecule has 1 unspecified atom stereocenters. The first-order valence-electron chi connectivity index (χ1n) is 8.45. The van der Waals surface area contributed by atoms with Crippen LogP contribution in [0.1, 0.15) is 34.7 Å². The molecule has 2 aliphatic rings. The minimum atomic E-state index is -1.56. The molecule has 2 aliphatic heterocycles. The highest BCUT2D eigenvalue weighted by molar-refractivity contribution is 7.93. The number of amides is 2. The predicted octanol–water partition coefficient (Wildman–Crippen LogP) is 1.49. The van der Waals surface area contributed by atoms with Crippen LogP contribution in [0.3, 0.4) is 0 Å². The van der Waals surface area contributed by atoms with Crippen LogP contribution in [0.2, 0.25) is 0 Å². The number of nitrogens with one attached hydrogen (secondary N) is 1. The molecular weight excluding hydrogens is 352 g/mol. The first kappa shape index (κ1) is 16.7. The second-order valence-electron chi connectivity index (χ2n) is 6.37. The molecule has 134 valence electrons. The number of likely N-dealkylation sites (tertiary alicyclic amines) is 1. The van der Waals surface area contributed by atoms with E-state index in [0.717, 1.165) is 18.4 Å². The number of nitrogens with zero attached hydrogens (tertiary/aromatic N) is 3. The Balaban J connectivity index is 1.41. The number of benzene rings is 1. The van der Waals surface area contributed by atoms with Crippen molar-refractivity contribution >= 4 is 27.8 Å². The van der Waals surface area contributed by atoms with Gasteiger partial charge in [0.05, 0.1) is 6.20 Å². The Labute approximate surface area is 153 Å². The summed E-state index contributed by atoms with van der Waals surface area (Å²) in [5.74, 6) is -0.0124. The van der Waals surface area contributed by atoms with Gasteiger partial charge >= 0.3 is 0 Å². The van der Waals surface area contributed by atoms with Gasteiger partial charge in [-0.25, -0.2) is 8.89 Å². The molecule has 0 aliphatic carbocycles. The molecule has 1 aromatic heterocycles. The number of piperidine rings is 1. The van der Waals surface area contributed by atoms with Gasteiger partial charge in [0.2, 0.25) is 0 Å². The van der Waals surface area contributed by atoms with Crippen molar-refractivity contribution in [3.8, 4) is 0 Å². The number of carbonyl (C=O) groups excluding carboxylic acids is 2. The molecule has 1 saturated heterocycles. The van der Waals surface area contributed by atoms with E-state index in [-0.39, 0.29) is 11.8 Å². The van der Waals surface area contributed by atoms with E-state index in [4.69, 9.17) is 0 Å². The summed E-state index contributed by atoms with van der Waals surface area (Å²) in [6, 6.07) is 9.31. The van der Waals surface area contributed by atoms with Crippen LogP contribution in [0.15, 0.2) is 48.8 Å². The van der Waals surface area contributed by atoms with Crippen LogP contribution >= 0.6 is 0 Å². The molecule has 1 atom stereocenters. The first-order chi connectivity index (χ1) is 12.6. The number of rotatable bonds is 3. The third-order valence-corrected chi connectivity index (χ3v) is 5.81. The number of hydrogen-bond donors (Lipinski definition) is 1. The van der Waals surface area contributed by atoms with Crippen LogP contribution < -0.4 is 4.72 Å². The van der Waals surface area contributed by atoms with E-state index >= 15 is 0 Å². The predicted molar refractivity (Wildman–Crippen MR) is 97.1 cm³/mol. The summed E-state index contributed by atoms with van der Waals surface area (Å²) < 4.78 is 15.6. The lowest BCUT2D eigenvalue weighted by Crippen LogP contribution is -2.37. The van der Waals surface area contributed by atoms with Crippen molar-refractivity contribution in [2.75, 3.05) is 13.1 Å². The van der Waals surface area contributed by atoms with Crippen molar-refractivity contribution in [2.24, 2.45) is 0 Å². The SMILES string of the molecule is O=C1C=C(n2cc(C3CCN(C(=O)c4ccccc4)CC3)cn2)S(=O)N1. The molecule has 8 heteroatoms. The quantitative estimate of drug-likeness (QED) is 0.887. The molecule has 2 aromatic rings. The van der Waals surface area contributed by atoms with E-state index in [0.29, 0.717) is 29.6 Å². The number of carbonyl (C=O) groups is 2. The summed E-state index contributed by atoms with van der Waals surface area (Å²) in [4.78, 5) is 25.7. The van der Waals surface area contributed by atoms with Crippen molar-refractivity contribution in [3.63, 3.8) is 0 Å². The van der Waals surface area contributed by atoms with Gasteiger partial charge in [0, 0.05) is 30.9 Å². The van der Waals surface area contributed by atoms with Gasteiger partial charge in [0.25, 0.3) is 11.8 Å². The molecule has 3 heterocycles. The average Bonchev–Trinajstić information content (AvgIpc) is 3.28. The lowest BCUT2D eigenvalue weighted by Gasteiger charge is -2.31. The van der Waals surface area contributed by atoms with Crippen LogP contribution in [-0.2, 0) is 15.8 Å². The molecule has 0 spiro atoms. The molecule has 1 N–H and O–H groups in total. The lowest BCUT2D eigenvalue weighted by atomic mass is 9.91. The second-order valence-corrected chi connectivity index (χ2v) is 7.53. The minimum Gasteiger partial charge on any atom is -0.339 e.